The van der Waals surface area contributed by atoms with Crippen LogP contribution in [0.2, 0.25) is 0 Å². The molecule has 4 nitrogen and oxygen atoms in total. The van der Waals surface area contributed by atoms with Gasteiger partial charge in [0.15, 0.2) is 0 Å². The number of carbonyl (C=O) groups excluding carboxylic acids is 1. The minimum absolute atomic E-state index is 0.0622. The van der Waals surface area contributed by atoms with E-state index in [1.54, 1.807) is 21.6 Å². The zero-order chi connectivity index (χ0) is 12.9. The Morgan fingerprint density at radius 3 is 2.61 bits per heavy atom. The summed E-state index contributed by atoms with van der Waals surface area (Å²) in [7, 11) is 0. The summed E-state index contributed by atoms with van der Waals surface area (Å²) >= 11 is 0. The standard InChI is InChI=1S/C14H14N2O2/c1-9(2)15-8-16-12(14(15)18)7-10-5-3-4-6-11(10)13(16)17/h3-7,9H,8H2,1-2H3. The number of hydrogen-bond acceptors (Lipinski definition) is 2. The molecular formula is C14H14N2O2. The summed E-state index contributed by atoms with van der Waals surface area (Å²) in [5.74, 6) is -0.0622. The van der Waals surface area contributed by atoms with Crippen LogP contribution in [0.1, 0.15) is 24.3 Å². The summed E-state index contributed by atoms with van der Waals surface area (Å²) in [6, 6.07) is 9.28. The van der Waals surface area contributed by atoms with E-state index in [1.807, 2.05) is 32.0 Å². The van der Waals surface area contributed by atoms with Gasteiger partial charge >= 0.3 is 0 Å². The molecule has 4 heteroatoms. The molecule has 0 aliphatic carbocycles. The highest BCUT2D eigenvalue weighted by Gasteiger charge is 2.30. The molecule has 92 valence electrons. The van der Waals surface area contributed by atoms with Crippen LogP contribution in [-0.2, 0) is 6.67 Å². The van der Waals surface area contributed by atoms with E-state index in [0.717, 1.165) is 5.39 Å². The molecule has 0 saturated carbocycles. The van der Waals surface area contributed by atoms with Crippen molar-refractivity contribution < 1.29 is 4.79 Å². The van der Waals surface area contributed by atoms with Crippen molar-refractivity contribution in [3.8, 4) is 0 Å². The van der Waals surface area contributed by atoms with Crippen LogP contribution in [0, 0.1) is 0 Å². The van der Waals surface area contributed by atoms with Gasteiger partial charge in [-0.15, -0.1) is 0 Å². The second kappa shape index (κ2) is 3.70. The maximum atomic E-state index is 12.3. The van der Waals surface area contributed by atoms with Crippen molar-refractivity contribution in [2.45, 2.75) is 26.6 Å². The average molecular weight is 242 g/mol. The van der Waals surface area contributed by atoms with E-state index in [-0.39, 0.29) is 17.5 Å². The molecule has 0 unspecified atom stereocenters. The van der Waals surface area contributed by atoms with Gasteiger partial charge in [-0.3, -0.25) is 14.2 Å². The van der Waals surface area contributed by atoms with E-state index in [2.05, 4.69) is 0 Å². The van der Waals surface area contributed by atoms with Gasteiger partial charge in [0.1, 0.15) is 12.4 Å². The Kier molecular flexibility index (Phi) is 2.26. The largest absolute Gasteiger partial charge is 0.317 e. The predicted molar refractivity (Wildman–Crippen MR) is 69.5 cm³/mol. The molecule has 18 heavy (non-hydrogen) atoms. The van der Waals surface area contributed by atoms with Gasteiger partial charge in [0.05, 0.1) is 0 Å². The Morgan fingerprint density at radius 1 is 1.17 bits per heavy atom. The van der Waals surface area contributed by atoms with Crippen LogP contribution in [0.5, 0.6) is 0 Å². The molecule has 0 N–H and O–H groups in total. The van der Waals surface area contributed by atoms with Crippen molar-refractivity contribution in [3.05, 3.63) is 46.4 Å². The molecule has 0 radical (unpaired) electrons. The minimum atomic E-state index is -0.0837. The first-order chi connectivity index (χ1) is 8.59. The highest BCUT2D eigenvalue weighted by Crippen LogP contribution is 2.20. The first kappa shape index (κ1) is 11.0. The summed E-state index contributed by atoms with van der Waals surface area (Å²) < 4.78 is 1.56. The maximum absolute atomic E-state index is 12.3. The fourth-order valence-electron chi connectivity index (χ4n) is 2.38. The third-order valence-corrected chi connectivity index (χ3v) is 3.42. The second-order valence-electron chi connectivity index (χ2n) is 4.86. The Morgan fingerprint density at radius 2 is 1.89 bits per heavy atom. The van der Waals surface area contributed by atoms with Gasteiger partial charge in [-0.1, -0.05) is 18.2 Å². The fourth-order valence-corrected chi connectivity index (χ4v) is 2.38. The number of nitrogens with zero attached hydrogens (tertiary/aromatic N) is 2. The molecule has 1 aromatic carbocycles. The van der Waals surface area contributed by atoms with Crippen LogP contribution >= 0.6 is 0 Å². The highest BCUT2D eigenvalue weighted by atomic mass is 16.2. The molecule has 1 amide bonds. The molecule has 0 fully saturated rings. The lowest BCUT2D eigenvalue weighted by atomic mass is 10.1. The van der Waals surface area contributed by atoms with E-state index in [1.165, 1.54) is 0 Å². The molecule has 0 bridgehead atoms. The van der Waals surface area contributed by atoms with Gasteiger partial charge < -0.3 is 4.90 Å². The zero-order valence-corrected chi connectivity index (χ0v) is 10.4. The SMILES string of the molecule is CC(C)N1Cn2c(cc3ccccc3c2=O)C1=O. The van der Waals surface area contributed by atoms with Crippen molar-refractivity contribution in [1.29, 1.82) is 0 Å². The van der Waals surface area contributed by atoms with E-state index in [0.29, 0.717) is 17.7 Å². The number of aromatic nitrogens is 1. The van der Waals surface area contributed by atoms with Gasteiger partial charge in [0.25, 0.3) is 11.5 Å². The normalized spacial score (nSPS) is 14.6. The number of amides is 1. The lowest BCUT2D eigenvalue weighted by molar-refractivity contribution is 0.0717. The van der Waals surface area contributed by atoms with E-state index >= 15 is 0 Å². The van der Waals surface area contributed by atoms with Crippen molar-refractivity contribution in [1.82, 2.24) is 9.47 Å². The van der Waals surface area contributed by atoms with Crippen LogP contribution in [0.4, 0.5) is 0 Å². The monoisotopic (exact) mass is 242 g/mol. The van der Waals surface area contributed by atoms with E-state index < -0.39 is 0 Å². The minimum Gasteiger partial charge on any atom is -0.317 e. The first-order valence-electron chi connectivity index (χ1n) is 6.03. The second-order valence-corrected chi connectivity index (χ2v) is 4.86. The summed E-state index contributed by atoms with van der Waals surface area (Å²) in [6.45, 7) is 4.26. The molecule has 2 aromatic rings. The Balaban J connectivity index is 2.29. The molecule has 1 aliphatic rings. The molecule has 0 atom stereocenters. The molecule has 1 aliphatic heterocycles. The van der Waals surface area contributed by atoms with Gasteiger partial charge in [-0.05, 0) is 31.4 Å². The number of hydrogen-bond donors (Lipinski definition) is 0. The Hall–Kier alpha value is -2.10. The highest BCUT2D eigenvalue weighted by molar-refractivity contribution is 5.98. The van der Waals surface area contributed by atoms with Gasteiger partial charge in [0.2, 0.25) is 0 Å². The van der Waals surface area contributed by atoms with E-state index in [4.69, 9.17) is 0 Å². The van der Waals surface area contributed by atoms with Crippen molar-refractivity contribution >= 4 is 16.7 Å². The van der Waals surface area contributed by atoms with Crippen LogP contribution in [0.15, 0.2) is 35.1 Å². The van der Waals surface area contributed by atoms with Crippen molar-refractivity contribution in [2.24, 2.45) is 0 Å². The zero-order valence-electron chi connectivity index (χ0n) is 10.4. The van der Waals surface area contributed by atoms with Gasteiger partial charge in [-0.2, -0.15) is 0 Å². The maximum Gasteiger partial charge on any atom is 0.272 e. The third kappa shape index (κ3) is 1.38. The summed E-state index contributed by atoms with van der Waals surface area (Å²) in [5.41, 5.74) is 0.409. The quantitative estimate of drug-likeness (QED) is 0.765. The fraction of sp³-hybridized carbons (Fsp3) is 0.286. The first-order valence-corrected chi connectivity index (χ1v) is 6.03. The van der Waals surface area contributed by atoms with Gasteiger partial charge in [-0.25, -0.2) is 0 Å². The third-order valence-electron chi connectivity index (χ3n) is 3.42. The molecule has 2 heterocycles. The number of rotatable bonds is 1. The number of fused-ring (bicyclic) bond motifs is 2. The number of pyridine rings is 1. The van der Waals surface area contributed by atoms with Crippen molar-refractivity contribution in [3.63, 3.8) is 0 Å². The molecule has 1 aromatic heterocycles. The van der Waals surface area contributed by atoms with Crippen LogP contribution < -0.4 is 5.56 Å². The Labute approximate surface area is 104 Å². The number of carbonyl (C=O) groups is 1. The lowest BCUT2D eigenvalue weighted by Crippen LogP contribution is -2.32. The lowest BCUT2D eigenvalue weighted by Gasteiger charge is -2.18. The Bertz CT molecular complexity index is 700. The molecule has 3 rings (SSSR count). The summed E-state index contributed by atoms with van der Waals surface area (Å²) in [5, 5.41) is 1.49. The van der Waals surface area contributed by atoms with Crippen LogP contribution in [-0.4, -0.2) is 21.4 Å². The average Bonchev–Trinajstić information content (AvgIpc) is 2.68. The topological polar surface area (TPSA) is 42.3 Å². The van der Waals surface area contributed by atoms with Crippen molar-refractivity contribution in [2.75, 3.05) is 0 Å². The molecule has 0 saturated heterocycles. The van der Waals surface area contributed by atoms with Gasteiger partial charge in [0, 0.05) is 11.4 Å². The van der Waals surface area contributed by atoms with Crippen LogP contribution in [0.3, 0.4) is 0 Å². The summed E-state index contributed by atoms with van der Waals surface area (Å²) in [6.07, 6.45) is 0. The number of benzene rings is 1. The summed E-state index contributed by atoms with van der Waals surface area (Å²) in [4.78, 5) is 26.2. The molecule has 0 spiro atoms. The smallest absolute Gasteiger partial charge is 0.272 e. The van der Waals surface area contributed by atoms with Crippen LogP contribution in [0.25, 0.3) is 10.8 Å². The predicted octanol–water partition coefficient (Wildman–Crippen LogP) is 1.82. The van der Waals surface area contributed by atoms with E-state index in [9.17, 15) is 9.59 Å². The molecular weight excluding hydrogens is 228 g/mol.